The van der Waals surface area contributed by atoms with Crippen molar-refractivity contribution >= 4 is 16.9 Å². The van der Waals surface area contributed by atoms with Gasteiger partial charge in [-0.25, -0.2) is 0 Å². The zero-order valence-corrected chi connectivity index (χ0v) is 17.9. The van der Waals surface area contributed by atoms with Crippen LogP contribution >= 0.6 is 0 Å². The number of aryl methyl sites for hydroxylation is 1. The van der Waals surface area contributed by atoms with Gasteiger partial charge in [0.15, 0.2) is 0 Å². The normalized spacial score (nSPS) is 11.7. The van der Waals surface area contributed by atoms with E-state index in [1.807, 2.05) is 20.8 Å². The second-order valence-electron chi connectivity index (χ2n) is 7.28. The Morgan fingerprint density at radius 3 is 2.19 bits per heavy atom. The van der Waals surface area contributed by atoms with Crippen molar-refractivity contribution in [2.45, 2.75) is 46.2 Å². The van der Waals surface area contributed by atoms with E-state index in [0.29, 0.717) is 12.8 Å². The van der Waals surface area contributed by atoms with Crippen LogP contribution in [0.4, 0.5) is 13.2 Å². The van der Waals surface area contributed by atoms with Crippen LogP contribution in [0.1, 0.15) is 44.9 Å². The first-order chi connectivity index (χ1) is 15.2. The zero-order chi connectivity index (χ0) is 23.5. The number of fused-ring (bicyclic) bond motifs is 1. The lowest BCUT2D eigenvalue weighted by Crippen LogP contribution is -2.19. The Labute approximate surface area is 182 Å². The van der Waals surface area contributed by atoms with Gasteiger partial charge in [-0.1, -0.05) is 32.9 Å². The number of rotatable bonds is 7. The van der Waals surface area contributed by atoms with Gasteiger partial charge in [-0.15, -0.1) is 0 Å². The smallest absolute Gasteiger partial charge is 0.449 e. The second-order valence-corrected chi connectivity index (χ2v) is 7.28. The molecular formula is C24H23F3O5. The maximum Gasteiger partial charge on any atom is 0.453 e. The van der Waals surface area contributed by atoms with Crippen LogP contribution in [0.5, 0.6) is 17.2 Å². The fraction of sp³-hybridized carbons (Fsp3) is 0.333. The minimum atomic E-state index is -4.98. The quantitative estimate of drug-likeness (QED) is 0.305. The molecule has 32 heavy (non-hydrogen) atoms. The topological polar surface area (TPSA) is 65.7 Å². The zero-order valence-electron chi connectivity index (χ0n) is 17.9. The predicted molar refractivity (Wildman–Crippen MR) is 113 cm³/mol. The Balaban J connectivity index is 2.05. The molecule has 3 aromatic rings. The third-order valence-electron chi connectivity index (χ3n) is 5.17. The summed E-state index contributed by atoms with van der Waals surface area (Å²) in [7, 11) is 0. The van der Waals surface area contributed by atoms with E-state index in [9.17, 15) is 22.8 Å². The van der Waals surface area contributed by atoms with Crippen molar-refractivity contribution in [3.05, 3.63) is 64.0 Å². The van der Waals surface area contributed by atoms with Crippen molar-refractivity contribution in [2.24, 2.45) is 5.92 Å². The molecule has 1 heterocycles. The first-order valence-electron chi connectivity index (χ1n) is 10.3. The summed E-state index contributed by atoms with van der Waals surface area (Å²) in [5.41, 5.74) is -0.365. The number of hydrogen-bond acceptors (Lipinski definition) is 5. The van der Waals surface area contributed by atoms with Gasteiger partial charge >= 0.3 is 12.1 Å². The summed E-state index contributed by atoms with van der Waals surface area (Å²) >= 11 is 0. The van der Waals surface area contributed by atoms with E-state index in [0.717, 1.165) is 18.1 Å². The molecule has 0 aliphatic carbocycles. The Hall–Kier alpha value is -3.29. The van der Waals surface area contributed by atoms with Crippen LogP contribution in [-0.4, -0.2) is 5.97 Å². The summed E-state index contributed by atoms with van der Waals surface area (Å²) in [5, 5.41) is -0.125. The van der Waals surface area contributed by atoms with E-state index in [4.69, 9.17) is 13.9 Å². The highest BCUT2D eigenvalue weighted by molar-refractivity contribution is 5.82. The summed E-state index contributed by atoms with van der Waals surface area (Å²) in [5.74, 6) is -3.26. The number of benzene rings is 2. The molecule has 0 saturated carbocycles. The van der Waals surface area contributed by atoms with Crippen molar-refractivity contribution < 1.29 is 31.9 Å². The van der Waals surface area contributed by atoms with Crippen molar-refractivity contribution in [2.75, 3.05) is 0 Å². The second kappa shape index (κ2) is 9.46. The summed E-state index contributed by atoms with van der Waals surface area (Å²) in [6.45, 7) is 5.61. The number of carbonyl (C=O) groups is 1. The molecule has 170 valence electrons. The first-order valence-corrected chi connectivity index (χ1v) is 10.3. The molecule has 0 unspecified atom stereocenters. The fourth-order valence-electron chi connectivity index (χ4n) is 3.23. The number of carbonyl (C=O) groups excluding carboxylic acids is 1. The number of ether oxygens (including phenoxy) is 2. The van der Waals surface area contributed by atoms with Crippen molar-refractivity contribution in [1.29, 1.82) is 0 Å². The van der Waals surface area contributed by atoms with Crippen LogP contribution in [0.3, 0.4) is 0 Å². The minimum absolute atomic E-state index is 0.00510. The number of alkyl halides is 3. The molecule has 0 N–H and O–H groups in total. The summed E-state index contributed by atoms with van der Waals surface area (Å²) < 4.78 is 56.7. The van der Waals surface area contributed by atoms with Gasteiger partial charge in [0.05, 0.1) is 11.3 Å². The SMILES string of the molecule is CCc1ccc(Oc2c(C(F)(F)F)oc3cc(OC(=O)C(CC)CC)ccc3c2=O)cc1. The maximum atomic E-state index is 13.7. The average molecular weight is 448 g/mol. The summed E-state index contributed by atoms with van der Waals surface area (Å²) in [4.78, 5) is 25.1. The highest BCUT2D eigenvalue weighted by atomic mass is 19.4. The third kappa shape index (κ3) is 4.95. The molecule has 0 spiro atoms. The molecule has 0 saturated heterocycles. The van der Waals surface area contributed by atoms with Crippen LogP contribution in [-0.2, 0) is 17.4 Å². The van der Waals surface area contributed by atoms with Gasteiger partial charge in [0, 0.05) is 6.07 Å². The first kappa shape index (κ1) is 23.4. The Morgan fingerprint density at radius 2 is 1.62 bits per heavy atom. The van der Waals surface area contributed by atoms with E-state index >= 15 is 0 Å². The fourth-order valence-corrected chi connectivity index (χ4v) is 3.23. The summed E-state index contributed by atoms with van der Waals surface area (Å²) in [6.07, 6.45) is -3.10. The molecule has 0 aliphatic rings. The molecule has 0 fully saturated rings. The van der Waals surface area contributed by atoms with Crippen molar-refractivity contribution in [3.63, 3.8) is 0 Å². The Bertz CT molecular complexity index is 1160. The lowest BCUT2D eigenvalue weighted by atomic mass is 10.0. The maximum absolute atomic E-state index is 13.7. The van der Waals surface area contributed by atoms with Gasteiger partial charge in [-0.05, 0) is 49.1 Å². The van der Waals surface area contributed by atoms with Gasteiger partial charge in [0.25, 0.3) is 5.76 Å². The van der Waals surface area contributed by atoms with Crippen LogP contribution < -0.4 is 14.9 Å². The van der Waals surface area contributed by atoms with Crippen LogP contribution in [0.25, 0.3) is 11.0 Å². The molecule has 5 nitrogen and oxygen atoms in total. The van der Waals surface area contributed by atoms with Gasteiger partial charge in [-0.3, -0.25) is 9.59 Å². The molecule has 0 bridgehead atoms. The number of esters is 1. The van der Waals surface area contributed by atoms with Gasteiger partial charge in [0.1, 0.15) is 17.1 Å². The number of hydrogen-bond donors (Lipinski definition) is 0. The molecule has 0 radical (unpaired) electrons. The Morgan fingerprint density at radius 1 is 1.00 bits per heavy atom. The summed E-state index contributed by atoms with van der Waals surface area (Å²) in [6, 6.07) is 10.1. The minimum Gasteiger partial charge on any atom is -0.449 e. The van der Waals surface area contributed by atoms with Crippen LogP contribution in [0.15, 0.2) is 51.7 Å². The highest BCUT2D eigenvalue weighted by Gasteiger charge is 2.40. The largest absolute Gasteiger partial charge is 0.453 e. The standard InChI is InChI=1S/C24H23F3O5/c1-4-14-7-9-16(10-8-14)30-21-20(28)18-12-11-17(31-23(29)15(5-2)6-3)13-19(18)32-22(21)24(25,26)27/h7-13,15H,4-6H2,1-3H3. The molecule has 0 aliphatic heterocycles. The van der Waals surface area contributed by atoms with E-state index < -0.39 is 29.1 Å². The Kier molecular flexibility index (Phi) is 6.91. The molecule has 0 atom stereocenters. The number of halogens is 3. The van der Waals surface area contributed by atoms with E-state index in [1.165, 1.54) is 24.3 Å². The van der Waals surface area contributed by atoms with Crippen molar-refractivity contribution in [3.8, 4) is 17.2 Å². The van der Waals surface area contributed by atoms with Gasteiger partial charge in [0.2, 0.25) is 11.2 Å². The monoisotopic (exact) mass is 448 g/mol. The molecule has 8 heteroatoms. The molecule has 0 amide bonds. The highest BCUT2D eigenvalue weighted by Crippen LogP contribution is 2.38. The molecular weight excluding hydrogens is 425 g/mol. The van der Waals surface area contributed by atoms with Gasteiger partial charge in [-0.2, -0.15) is 13.2 Å². The van der Waals surface area contributed by atoms with Crippen LogP contribution in [0.2, 0.25) is 0 Å². The van der Waals surface area contributed by atoms with E-state index in [-0.39, 0.29) is 28.4 Å². The average Bonchev–Trinajstić information content (AvgIpc) is 2.76. The van der Waals surface area contributed by atoms with Gasteiger partial charge < -0.3 is 13.9 Å². The van der Waals surface area contributed by atoms with E-state index in [1.54, 1.807) is 12.1 Å². The molecule has 3 rings (SSSR count). The molecule has 1 aromatic heterocycles. The predicted octanol–water partition coefficient (Wildman–Crippen LogP) is 6.51. The molecule has 2 aromatic carbocycles. The third-order valence-corrected chi connectivity index (χ3v) is 5.17. The lowest BCUT2D eigenvalue weighted by Gasteiger charge is -2.14. The van der Waals surface area contributed by atoms with E-state index in [2.05, 4.69) is 0 Å². The van der Waals surface area contributed by atoms with Crippen molar-refractivity contribution in [1.82, 2.24) is 0 Å². The lowest BCUT2D eigenvalue weighted by molar-refractivity contribution is -0.154. The van der Waals surface area contributed by atoms with Crippen LogP contribution in [0, 0.1) is 5.92 Å².